The van der Waals surface area contributed by atoms with E-state index in [2.05, 4.69) is 4.52 Å². The Morgan fingerprint density at radius 2 is 1.73 bits per heavy atom. The fraction of sp³-hybridized carbons (Fsp3) is 1.00. The molecular formula is C4H11O6P. The van der Waals surface area contributed by atoms with Gasteiger partial charge < -0.3 is 29.6 Å². The van der Waals surface area contributed by atoms with Gasteiger partial charge in [-0.1, -0.05) is 0 Å². The molecule has 11 heavy (non-hydrogen) atoms. The number of hydrogen-bond acceptors (Lipinski definition) is 6. The summed E-state index contributed by atoms with van der Waals surface area (Å²) in [6.45, 7) is -1.01. The maximum Gasteiger partial charge on any atom is 0.327 e. The van der Waals surface area contributed by atoms with Gasteiger partial charge in [0, 0.05) is 0 Å². The van der Waals surface area contributed by atoms with Crippen molar-refractivity contribution >= 4 is 8.60 Å². The highest BCUT2D eigenvalue weighted by molar-refractivity contribution is 7.39. The second-order valence-electron chi connectivity index (χ2n) is 1.87. The zero-order valence-electron chi connectivity index (χ0n) is 5.66. The van der Waals surface area contributed by atoms with Gasteiger partial charge in [0.15, 0.2) is 0 Å². The summed E-state index contributed by atoms with van der Waals surface area (Å²) in [7, 11) is -2.52. The molecule has 0 aromatic rings. The molecule has 0 fully saturated rings. The number of aliphatic hydroxyl groups is 3. The molecule has 7 heteroatoms. The van der Waals surface area contributed by atoms with Crippen molar-refractivity contribution in [3.05, 3.63) is 0 Å². The van der Waals surface area contributed by atoms with Crippen LogP contribution in [0.2, 0.25) is 0 Å². The second kappa shape index (κ2) is 5.79. The standard InChI is InChI=1S/C4H11O6P/c5-1-3(6)4(7)2-10-11(8)9/h3-9H,1-2H2/t3-,4+/m1/s1. The third kappa shape index (κ3) is 5.46. The molecule has 0 spiro atoms. The van der Waals surface area contributed by atoms with E-state index < -0.39 is 34.0 Å². The van der Waals surface area contributed by atoms with E-state index in [4.69, 9.17) is 25.1 Å². The summed E-state index contributed by atoms with van der Waals surface area (Å²) >= 11 is 0. The Morgan fingerprint density at radius 3 is 2.09 bits per heavy atom. The predicted octanol–water partition coefficient (Wildman–Crippen LogP) is -2.07. The Bertz CT molecular complexity index is 98.6. The van der Waals surface area contributed by atoms with Gasteiger partial charge in [-0.15, -0.1) is 0 Å². The van der Waals surface area contributed by atoms with Crippen LogP contribution in [0.5, 0.6) is 0 Å². The SMILES string of the molecule is OC[C@@H](O)[C@@H](O)COP(O)O. The molecule has 0 saturated carbocycles. The van der Waals surface area contributed by atoms with Crippen molar-refractivity contribution < 1.29 is 29.6 Å². The highest BCUT2D eigenvalue weighted by atomic mass is 31.2. The molecule has 0 unspecified atom stereocenters. The van der Waals surface area contributed by atoms with Crippen LogP contribution in [0.15, 0.2) is 0 Å². The first kappa shape index (κ1) is 11.2. The summed E-state index contributed by atoms with van der Waals surface area (Å²) in [5, 5.41) is 25.8. The average Bonchev–Trinajstić information content (AvgIpc) is 1.98. The molecule has 2 atom stereocenters. The van der Waals surface area contributed by atoms with E-state index in [9.17, 15) is 0 Å². The lowest BCUT2D eigenvalue weighted by molar-refractivity contribution is -0.0355. The quantitative estimate of drug-likeness (QED) is 0.315. The van der Waals surface area contributed by atoms with E-state index >= 15 is 0 Å². The van der Waals surface area contributed by atoms with Gasteiger partial charge in [-0.25, -0.2) is 0 Å². The molecule has 6 nitrogen and oxygen atoms in total. The van der Waals surface area contributed by atoms with Crippen molar-refractivity contribution in [1.29, 1.82) is 0 Å². The van der Waals surface area contributed by atoms with Crippen LogP contribution >= 0.6 is 8.60 Å². The first-order valence-electron chi connectivity index (χ1n) is 2.85. The summed E-state index contributed by atoms with van der Waals surface area (Å²) in [5.74, 6) is 0. The van der Waals surface area contributed by atoms with E-state index in [1.807, 2.05) is 0 Å². The van der Waals surface area contributed by atoms with Gasteiger partial charge in [0.2, 0.25) is 0 Å². The second-order valence-corrected chi connectivity index (χ2v) is 2.63. The summed E-state index contributed by atoms with van der Waals surface area (Å²) in [6.07, 6.45) is -2.62. The van der Waals surface area contributed by atoms with E-state index in [0.29, 0.717) is 0 Å². The Labute approximate surface area is 64.7 Å². The van der Waals surface area contributed by atoms with Crippen LogP contribution in [0.25, 0.3) is 0 Å². The highest BCUT2D eigenvalue weighted by Crippen LogP contribution is 2.24. The van der Waals surface area contributed by atoms with E-state index in [1.54, 1.807) is 0 Å². The minimum Gasteiger partial charge on any atom is -0.394 e. The first-order valence-corrected chi connectivity index (χ1v) is 4.02. The fourth-order valence-electron chi connectivity index (χ4n) is 0.376. The van der Waals surface area contributed by atoms with Crippen molar-refractivity contribution in [2.24, 2.45) is 0 Å². The molecular weight excluding hydrogens is 175 g/mol. The molecule has 0 saturated heterocycles. The van der Waals surface area contributed by atoms with Crippen molar-refractivity contribution in [2.75, 3.05) is 13.2 Å². The molecule has 5 N–H and O–H groups in total. The molecule has 0 radical (unpaired) electrons. The van der Waals surface area contributed by atoms with Gasteiger partial charge >= 0.3 is 8.60 Å². The predicted molar refractivity (Wildman–Crippen MR) is 36.4 cm³/mol. The van der Waals surface area contributed by atoms with E-state index in [0.717, 1.165) is 0 Å². The van der Waals surface area contributed by atoms with Crippen molar-refractivity contribution in [3.63, 3.8) is 0 Å². The van der Waals surface area contributed by atoms with Gasteiger partial charge in [-0.2, -0.15) is 0 Å². The van der Waals surface area contributed by atoms with Gasteiger partial charge in [-0.3, -0.25) is 0 Å². The fourth-order valence-corrected chi connectivity index (χ4v) is 0.662. The number of hydrogen-bond donors (Lipinski definition) is 5. The maximum absolute atomic E-state index is 8.82. The minimum atomic E-state index is -2.52. The van der Waals surface area contributed by atoms with Crippen LogP contribution in [-0.4, -0.2) is 50.5 Å². The Balaban J connectivity index is 3.43. The lowest BCUT2D eigenvalue weighted by Crippen LogP contribution is -2.32. The summed E-state index contributed by atoms with van der Waals surface area (Å²) in [6, 6.07) is 0. The summed E-state index contributed by atoms with van der Waals surface area (Å²) in [4.78, 5) is 16.4. The Kier molecular flexibility index (Phi) is 5.89. The number of aliphatic hydroxyl groups excluding tert-OH is 3. The van der Waals surface area contributed by atoms with Crippen LogP contribution in [0.4, 0.5) is 0 Å². The van der Waals surface area contributed by atoms with Crippen molar-refractivity contribution in [2.45, 2.75) is 12.2 Å². The van der Waals surface area contributed by atoms with Gasteiger partial charge in [0.1, 0.15) is 12.2 Å². The molecule has 0 aliphatic heterocycles. The minimum absolute atomic E-state index is 0.416. The van der Waals surface area contributed by atoms with Gasteiger partial charge in [-0.05, 0) is 0 Å². The van der Waals surface area contributed by atoms with Gasteiger partial charge in [0.25, 0.3) is 0 Å². The molecule has 0 heterocycles. The molecule has 0 aromatic carbocycles. The van der Waals surface area contributed by atoms with Gasteiger partial charge in [0.05, 0.1) is 13.2 Å². The monoisotopic (exact) mass is 186 g/mol. The summed E-state index contributed by atoms with van der Waals surface area (Å²) in [5.41, 5.74) is 0. The van der Waals surface area contributed by atoms with Crippen LogP contribution in [0, 0.1) is 0 Å². The zero-order valence-corrected chi connectivity index (χ0v) is 6.55. The largest absolute Gasteiger partial charge is 0.394 e. The number of rotatable bonds is 5. The Morgan fingerprint density at radius 1 is 1.18 bits per heavy atom. The molecule has 0 amide bonds. The molecule has 0 aromatic heterocycles. The van der Waals surface area contributed by atoms with E-state index in [-0.39, 0.29) is 0 Å². The molecule has 0 aliphatic carbocycles. The molecule has 0 aliphatic rings. The van der Waals surface area contributed by atoms with Crippen LogP contribution in [-0.2, 0) is 4.52 Å². The average molecular weight is 186 g/mol. The van der Waals surface area contributed by atoms with Crippen LogP contribution < -0.4 is 0 Å². The lowest BCUT2D eigenvalue weighted by Gasteiger charge is -2.14. The smallest absolute Gasteiger partial charge is 0.327 e. The molecule has 68 valence electrons. The maximum atomic E-state index is 8.82. The molecule has 0 bridgehead atoms. The lowest BCUT2D eigenvalue weighted by atomic mass is 10.2. The Hall–Kier alpha value is 0.190. The van der Waals surface area contributed by atoms with Crippen molar-refractivity contribution in [1.82, 2.24) is 0 Å². The topological polar surface area (TPSA) is 110 Å². The zero-order chi connectivity index (χ0) is 8.85. The normalized spacial score (nSPS) is 16.9. The van der Waals surface area contributed by atoms with Crippen molar-refractivity contribution in [3.8, 4) is 0 Å². The third-order valence-electron chi connectivity index (χ3n) is 0.992. The van der Waals surface area contributed by atoms with Crippen LogP contribution in [0.1, 0.15) is 0 Å². The summed E-state index contributed by atoms with van der Waals surface area (Å²) < 4.78 is 4.18. The van der Waals surface area contributed by atoms with E-state index in [1.165, 1.54) is 0 Å². The first-order chi connectivity index (χ1) is 5.07. The van der Waals surface area contributed by atoms with Crippen LogP contribution in [0.3, 0.4) is 0 Å². The molecule has 0 rings (SSSR count). The highest BCUT2D eigenvalue weighted by Gasteiger charge is 2.16. The third-order valence-corrected chi connectivity index (χ3v) is 1.37.